The second-order valence-electron chi connectivity index (χ2n) is 10.7. The Hall–Kier alpha value is -4.59. The van der Waals surface area contributed by atoms with E-state index >= 15 is 0 Å². The third-order valence-electron chi connectivity index (χ3n) is 8.05. The van der Waals surface area contributed by atoms with E-state index in [1.54, 1.807) is 14.2 Å². The number of hydrogen-bond acceptors (Lipinski definition) is 6. The van der Waals surface area contributed by atoms with Crippen molar-refractivity contribution in [3.63, 3.8) is 0 Å². The lowest BCUT2D eigenvalue weighted by Crippen LogP contribution is -2.39. The number of hydrogen-bond donors (Lipinski definition) is 0. The Morgan fingerprint density at radius 2 is 1.59 bits per heavy atom. The van der Waals surface area contributed by atoms with Crippen molar-refractivity contribution in [2.75, 3.05) is 14.2 Å². The summed E-state index contributed by atoms with van der Waals surface area (Å²) in [5.74, 6) is 2.90. The van der Waals surface area contributed by atoms with Gasteiger partial charge in [0.2, 0.25) is 0 Å². The molecule has 1 aliphatic carbocycles. The first-order valence-electron chi connectivity index (χ1n) is 14.4. The molecule has 0 amide bonds. The van der Waals surface area contributed by atoms with Crippen LogP contribution in [-0.4, -0.2) is 18.8 Å². The molecule has 0 spiro atoms. The molecule has 3 aromatic carbocycles. The van der Waals surface area contributed by atoms with Crippen molar-refractivity contribution in [1.29, 1.82) is 0 Å². The lowest BCUT2D eigenvalue weighted by atomic mass is 9.84. The van der Waals surface area contributed by atoms with Crippen molar-refractivity contribution in [3.05, 3.63) is 143 Å². The van der Waals surface area contributed by atoms with Crippen LogP contribution in [0.3, 0.4) is 0 Å². The zero-order chi connectivity index (χ0) is 30.2. The van der Waals surface area contributed by atoms with Gasteiger partial charge in [-0.15, -0.1) is 0 Å². The molecule has 6 nitrogen and oxygen atoms in total. The maximum absolute atomic E-state index is 14.1. The van der Waals surface area contributed by atoms with Crippen LogP contribution in [0.2, 0.25) is 5.02 Å². The van der Waals surface area contributed by atoms with Crippen LogP contribution >= 0.6 is 22.9 Å². The van der Waals surface area contributed by atoms with Crippen molar-refractivity contribution < 1.29 is 13.9 Å². The summed E-state index contributed by atoms with van der Waals surface area (Å²) in [4.78, 5) is 19.9. The number of halogens is 1. The predicted molar refractivity (Wildman–Crippen MR) is 175 cm³/mol. The number of nitrogens with zero attached hydrogens (tertiary/aromatic N) is 2. The molecule has 0 N–H and O–H groups in total. The van der Waals surface area contributed by atoms with E-state index in [9.17, 15) is 4.79 Å². The molecule has 0 radical (unpaired) electrons. The molecule has 2 aliphatic rings. The molecule has 3 heterocycles. The Morgan fingerprint density at radius 1 is 0.886 bits per heavy atom. The summed E-state index contributed by atoms with van der Waals surface area (Å²) in [5.41, 5.74) is 6.24. The van der Waals surface area contributed by atoms with Crippen LogP contribution in [0, 0.1) is 0 Å². The molecule has 0 bridgehead atoms. The van der Waals surface area contributed by atoms with Gasteiger partial charge in [-0.1, -0.05) is 47.2 Å². The normalized spacial score (nSPS) is 17.3. The molecule has 1 aliphatic heterocycles. The number of fused-ring (bicyclic) bond motifs is 1. The van der Waals surface area contributed by atoms with E-state index in [1.807, 2.05) is 83.4 Å². The highest BCUT2D eigenvalue weighted by Crippen LogP contribution is 2.41. The van der Waals surface area contributed by atoms with Gasteiger partial charge in [-0.3, -0.25) is 9.36 Å². The maximum atomic E-state index is 14.1. The SMILES string of the molecule is COc1ccc(/C=C2\CCCC3=C2N=c2s/c(=C/c4ccc(-c5ccc(Cl)cc5)o4)c(=O)n2C3c2ccc(OC)cc2)cc1. The summed E-state index contributed by atoms with van der Waals surface area (Å²) >= 11 is 7.44. The van der Waals surface area contributed by atoms with Gasteiger partial charge in [0.15, 0.2) is 4.80 Å². The van der Waals surface area contributed by atoms with Gasteiger partial charge in [-0.05, 0) is 108 Å². The van der Waals surface area contributed by atoms with Gasteiger partial charge >= 0.3 is 0 Å². The number of ether oxygens (including phenoxy) is 2. The Labute approximate surface area is 263 Å². The van der Waals surface area contributed by atoms with E-state index in [-0.39, 0.29) is 11.6 Å². The fourth-order valence-corrected chi connectivity index (χ4v) is 6.98. The third-order valence-corrected chi connectivity index (χ3v) is 9.29. The van der Waals surface area contributed by atoms with E-state index in [2.05, 4.69) is 18.2 Å². The molecule has 44 heavy (non-hydrogen) atoms. The number of allylic oxidation sites excluding steroid dienone is 2. The third kappa shape index (κ3) is 5.34. The number of furan rings is 1. The number of thiazole rings is 1. The molecule has 2 aromatic heterocycles. The van der Waals surface area contributed by atoms with E-state index in [0.717, 1.165) is 58.7 Å². The van der Waals surface area contributed by atoms with Gasteiger partial charge in [0.1, 0.15) is 23.0 Å². The maximum Gasteiger partial charge on any atom is 0.271 e. The minimum absolute atomic E-state index is 0.0863. The molecule has 7 rings (SSSR count). The highest BCUT2D eigenvalue weighted by atomic mass is 35.5. The summed E-state index contributed by atoms with van der Waals surface area (Å²) < 4.78 is 19.3. The van der Waals surface area contributed by atoms with Gasteiger partial charge < -0.3 is 13.9 Å². The van der Waals surface area contributed by atoms with E-state index in [4.69, 9.17) is 30.5 Å². The van der Waals surface area contributed by atoms with Crippen molar-refractivity contribution in [3.8, 4) is 22.8 Å². The van der Waals surface area contributed by atoms with Gasteiger partial charge in [0.25, 0.3) is 5.56 Å². The number of rotatable bonds is 6. The quantitative estimate of drug-likeness (QED) is 0.198. The monoisotopic (exact) mass is 620 g/mol. The number of aromatic nitrogens is 1. The van der Waals surface area contributed by atoms with Crippen molar-refractivity contribution in [1.82, 2.24) is 4.57 Å². The Balaban J connectivity index is 1.36. The van der Waals surface area contributed by atoms with Gasteiger partial charge in [0.05, 0.1) is 30.5 Å². The Bertz CT molecular complexity index is 2080. The highest BCUT2D eigenvalue weighted by Gasteiger charge is 2.32. The fraction of sp³-hybridized carbons (Fsp3) is 0.167. The highest BCUT2D eigenvalue weighted by molar-refractivity contribution is 7.07. The van der Waals surface area contributed by atoms with Crippen LogP contribution < -0.4 is 24.4 Å². The first-order valence-corrected chi connectivity index (χ1v) is 15.6. The minimum atomic E-state index is -0.268. The smallest absolute Gasteiger partial charge is 0.271 e. The molecule has 0 saturated carbocycles. The second-order valence-corrected chi connectivity index (χ2v) is 12.2. The lowest BCUT2D eigenvalue weighted by Gasteiger charge is -2.31. The van der Waals surface area contributed by atoms with Crippen LogP contribution in [0.15, 0.2) is 116 Å². The Kier molecular flexibility index (Phi) is 7.58. The number of methoxy groups -OCH3 is 2. The summed E-state index contributed by atoms with van der Waals surface area (Å²) in [6, 6.07) is 27.0. The molecule has 8 heteroatoms. The van der Waals surface area contributed by atoms with Gasteiger partial charge in [0, 0.05) is 16.7 Å². The molecule has 5 aromatic rings. The molecule has 220 valence electrons. The molecular weight excluding hydrogens is 592 g/mol. The first-order chi connectivity index (χ1) is 21.5. The van der Waals surface area contributed by atoms with E-state index in [1.165, 1.54) is 16.9 Å². The average Bonchev–Trinajstić information content (AvgIpc) is 3.65. The van der Waals surface area contributed by atoms with Gasteiger partial charge in [-0.2, -0.15) is 0 Å². The average molecular weight is 621 g/mol. The van der Waals surface area contributed by atoms with E-state index < -0.39 is 0 Å². The van der Waals surface area contributed by atoms with Crippen molar-refractivity contribution >= 4 is 35.1 Å². The lowest BCUT2D eigenvalue weighted by molar-refractivity contribution is 0.414. The summed E-state index contributed by atoms with van der Waals surface area (Å²) in [6.45, 7) is 0. The van der Waals surface area contributed by atoms with Gasteiger partial charge in [-0.25, -0.2) is 4.99 Å². The number of benzene rings is 3. The van der Waals surface area contributed by atoms with Crippen LogP contribution in [0.1, 0.15) is 42.2 Å². The molecule has 0 saturated heterocycles. The zero-order valence-corrected chi connectivity index (χ0v) is 25.8. The fourth-order valence-electron chi connectivity index (χ4n) is 5.87. The van der Waals surface area contributed by atoms with Crippen molar-refractivity contribution in [2.24, 2.45) is 4.99 Å². The molecular formula is C36H29ClN2O4S. The van der Waals surface area contributed by atoms with Crippen molar-refractivity contribution in [2.45, 2.75) is 25.3 Å². The minimum Gasteiger partial charge on any atom is -0.497 e. The Morgan fingerprint density at radius 3 is 2.30 bits per heavy atom. The van der Waals surface area contributed by atoms with E-state index in [0.29, 0.717) is 25.9 Å². The topological polar surface area (TPSA) is 66.0 Å². The molecule has 0 fully saturated rings. The summed E-state index contributed by atoms with van der Waals surface area (Å²) in [7, 11) is 3.33. The van der Waals surface area contributed by atoms with Crippen LogP contribution in [0.25, 0.3) is 23.5 Å². The standard InChI is InChI=1S/C36H29ClN2O4S/c1-41-27-14-6-22(7-15-27)20-25-4-3-5-30-33(25)38-36-39(34(30)24-10-16-28(42-2)17-11-24)35(40)32(44-36)21-29-18-19-31(43-29)23-8-12-26(37)13-9-23/h6-21,34H,3-5H2,1-2H3/b25-20+,32-21+. The van der Waals surface area contributed by atoms with Crippen LogP contribution in [0.5, 0.6) is 11.5 Å². The molecule has 1 atom stereocenters. The van der Waals surface area contributed by atoms with Crippen LogP contribution in [0.4, 0.5) is 0 Å². The summed E-state index contributed by atoms with van der Waals surface area (Å²) in [6.07, 6.45) is 6.77. The van der Waals surface area contributed by atoms with Crippen LogP contribution in [-0.2, 0) is 0 Å². The summed E-state index contributed by atoms with van der Waals surface area (Å²) in [5, 5.41) is 0.665. The second kappa shape index (κ2) is 11.8. The predicted octanol–water partition coefficient (Wildman–Crippen LogP) is 7.41. The zero-order valence-electron chi connectivity index (χ0n) is 24.2. The first kappa shape index (κ1) is 28.2. The molecule has 1 unspecified atom stereocenters. The largest absolute Gasteiger partial charge is 0.497 e.